The first-order valence-corrected chi connectivity index (χ1v) is 13.0. The largest absolute Gasteiger partial charge is 0.493 e. The van der Waals surface area contributed by atoms with Crippen molar-refractivity contribution < 1.29 is 18.7 Å². The van der Waals surface area contributed by atoms with Crippen LogP contribution in [0.1, 0.15) is 17.7 Å². The molecule has 0 radical (unpaired) electrons. The van der Waals surface area contributed by atoms with Crippen LogP contribution < -0.4 is 9.47 Å². The number of benzene rings is 3. The molecule has 5 rings (SSSR count). The normalized spacial score (nSPS) is 11.1. The van der Waals surface area contributed by atoms with E-state index in [0.29, 0.717) is 53.4 Å². The third-order valence-corrected chi connectivity index (χ3v) is 6.89. The van der Waals surface area contributed by atoms with Crippen LogP contribution in [0, 0.1) is 0 Å². The number of ether oxygens (including phenoxy) is 2. The molecule has 0 aliphatic rings. The van der Waals surface area contributed by atoms with Gasteiger partial charge in [0.05, 0.1) is 25.3 Å². The number of oxazole rings is 1. The highest BCUT2D eigenvalue weighted by molar-refractivity contribution is 6.30. The number of carbonyl (C=O) groups excluding carboxylic acids is 1. The molecule has 2 aromatic heterocycles. The van der Waals surface area contributed by atoms with Gasteiger partial charge in [-0.1, -0.05) is 41.9 Å². The molecule has 200 valence electrons. The van der Waals surface area contributed by atoms with E-state index in [0.717, 1.165) is 22.2 Å². The van der Waals surface area contributed by atoms with Crippen molar-refractivity contribution in [2.75, 3.05) is 27.8 Å². The molecule has 0 unspecified atom stereocenters. The number of amides is 1. The molecule has 39 heavy (non-hydrogen) atoms. The first kappa shape index (κ1) is 26.3. The van der Waals surface area contributed by atoms with E-state index in [4.69, 9.17) is 30.5 Å². The first-order valence-electron chi connectivity index (χ1n) is 12.6. The smallest absolute Gasteiger partial charge is 0.308 e. The minimum Gasteiger partial charge on any atom is -0.493 e. The van der Waals surface area contributed by atoms with Gasteiger partial charge in [-0.05, 0) is 48.4 Å². The van der Waals surface area contributed by atoms with E-state index in [1.165, 1.54) is 0 Å². The van der Waals surface area contributed by atoms with Gasteiger partial charge < -0.3 is 18.8 Å². The Kier molecular flexibility index (Phi) is 7.84. The van der Waals surface area contributed by atoms with Gasteiger partial charge in [-0.15, -0.1) is 0 Å². The number of likely N-dealkylation sites (N-methyl/N-ethyl adjacent to an activating group) is 1. The van der Waals surface area contributed by atoms with Crippen molar-refractivity contribution in [3.8, 4) is 28.8 Å². The molecule has 0 fully saturated rings. The minimum atomic E-state index is 0.0172. The Labute approximate surface area is 231 Å². The van der Waals surface area contributed by atoms with E-state index in [-0.39, 0.29) is 12.3 Å². The van der Waals surface area contributed by atoms with Crippen LogP contribution in [0.4, 0.5) is 0 Å². The van der Waals surface area contributed by atoms with Gasteiger partial charge in [0.15, 0.2) is 11.5 Å². The number of aryl methyl sites for hydroxylation is 1. The number of aromatic nitrogens is 3. The number of fused-ring (bicyclic) bond motifs is 1. The summed E-state index contributed by atoms with van der Waals surface area (Å²) in [5, 5.41) is 0.635. The molecule has 3 aromatic carbocycles. The summed E-state index contributed by atoms with van der Waals surface area (Å²) in [5.41, 5.74) is 4.34. The molecule has 0 atom stereocenters. The highest BCUT2D eigenvalue weighted by Gasteiger charge is 2.20. The average molecular weight is 545 g/mol. The predicted molar refractivity (Wildman–Crippen MR) is 151 cm³/mol. The van der Waals surface area contributed by atoms with E-state index in [1.54, 1.807) is 25.4 Å². The van der Waals surface area contributed by atoms with Crippen LogP contribution in [0.2, 0.25) is 5.02 Å². The molecule has 0 bridgehead atoms. The summed E-state index contributed by atoms with van der Waals surface area (Å²) in [6, 6.07) is 21.4. The van der Waals surface area contributed by atoms with Crippen LogP contribution in [0.15, 0.2) is 77.5 Å². The number of imidazole rings is 1. The Morgan fingerprint density at radius 3 is 2.54 bits per heavy atom. The molecule has 8 nitrogen and oxygen atoms in total. The Morgan fingerprint density at radius 2 is 1.77 bits per heavy atom. The summed E-state index contributed by atoms with van der Waals surface area (Å²) < 4.78 is 18.8. The fourth-order valence-corrected chi connectivity index (χ4v) is 4.55. The molecule has 0 spiro atoms. The summed E-state index contributed by atoms with van der Waals surface area (Å²) in [7, 11) is 5.03. The molecule has 0 N–H and O–H groups in total. The zero-order valence-corrected chi connectivity index (χ0v) is 22.8. The van der Waals surface area contributed by atoms with Crippen molar-refractivity contribution in [3.05, 3.63) is 89.4 Å². The maximum atomic E-state index is 13.1. The fourth-order valence-electron chi connectivity index (χ4n) is 4.43. The summed E-state index contributed by atoms with van der Waals surface area (Å²) >= 11 is 6.11. The van der Waals surface area contributed by atoms with Crippen molar-refractivity contribution in [1.29, 1.82) is 0 Å². The molecular weight excluding hydrogens is 516 g/mol. The molecule has 0 saturated heterocycles. The molecule has 2 heterocycles. The van der Waals surface area contributed by atoms with Gasteiger partial charge in [0, 0.05) is 37.0 Å². The summed E-state index contributed by atoms with van der Waals surface area (Å²) in [5.74, 6) is 2.00. The lowest BCUT2D eigenvalue weighted by molar-refractivity contribution is -0.129. The SMILES string of the molecule is COc1ccc(CCN(C)C(=O)CCc2oc(-n3cnc4ccccc43)nc2-c2ccc(Cl)cc2)cc1OC. The maximum absolute atomic E-state index is 13.1. The van der Waals surface area contributed by atoms with Gasteiger partial charge in [0.1, 0.15) is 17.8 Å². The first-order chi connectivity index (χ1) is 19.0. The van der Waals surface area contributed by atoms with Crippen molar-refractivity contribution >= 4 is 28.5 Å². The fraction of sp³-hybridized carbons (Fsp3) is 0.233. The number of hydrogen-bond acceptors (Lipinski definition) is 6. The second kappa shape index (κ2) is 11.6. The van der Waals surface area contributed by atoms with E-state index >= 15 is 0 Å². The minimum absolute atomic E-state index is 0.0172. The number of nitrogens with zero attached hydrogens (tertiary/aromatic N) is 4. The Morgan fingerprint density at radius 1 is 1.00 bits per heavy atom. The summed E-state index contributed by atoms with van der Waals surface area (Å²) in [4.78, 5) is 24.0. The lowest BCUT2D eigenvalue weighted by atomic mass is 10.1. The molecule has 0 aliphatic heterocycles. The molecular formula is C30H29ClN4O4. The zero-order chi connectivity index (χ0) is 27.4. The number of methoxy groups -OCH3 is 2. The van der Waals surface area contributed by atoms with Crippen molar-refractivity contribution in [2.45, 2.75) is 19.3 Å². The molecule has 1 amide bonds. The van der Waals surface area contributed by atoms with Crippen LogP contribution >= 0.6 is 11.6 Å². The molecule has 9 heteroatoms. The van der Waals surface area contributed by atoms with Crippen molar-refractivity contribution in [1.82, 2.24) is 19.4 Å². The second-order valence-corrected chi connectivity index (χ2v) is 9.57. The monoisotopic (exact) mass is 544 g/mol. The topological polar surface area (TPSA) is 82.6 Å². The van der Waals surface area contributed by atoms with Crippen LogP contribution in [0.5, 0.6) is 11.5 Å². The van der Waals surface area contributed by atoms with E-state index in [1.807, 2.05) is 78.3 Å². The number of halogens is 1. The lowest BCUT2D eigenvalue weighted by Gasteiger charge is -2.17. The zero-order valence-electron chi connectivity index (χ0n) is 22.1. The van der Waals surface area contributed by atoms with Crippen molar-refractivity contribution in [2.24, 2.45) is 0 Å². The number of carbonyl (C=O) groups is 1. The van der Waals surface area contributed by atoms with Crippen LogP contribution in [0.3, 0.4) is 0 Å². The number of para-hydroxylation sites is 2. The summed E-state index contributed by atoms with van der Waals surface area (Å²) in [6.45, 7) is 0.570. The van der Waals surface area contributed by atoms with Crippen molar-refractivity contribution in [3.63, 3.8) is 0 Å². The van der Waals surface area contributed by atoms with E-state index in [2.05, 4.69) is 4.98 Å². The van der Waals surface area contributed by atoms with Gasteiger partial charge in [0.25, 0.3) is 0 Å². The highest BCUT2D eigenvalue weighted by atomic mass is 35.5. The van der Waals surface area contributed by atoms with Gasteiger partial charge in [0.2, 0.25) is 5.91 Å². The maximum Gasteiger partial charge on any atom is 0.308 e. The van der Waals surface area contributed by atoms with Gasteiger partial charge in [-0.25, -0.2) is 4.98 Å². The standard InChI is InChI=1S/C30H29ClN4O4/c1-34(17-16-20-8-13-25(37-2)27(18-20)38-3)28(36)15-14-26-29(21-9-11-22(31)12-10-21)33-30(39-26)35-19-32-23-6-4-5-7-24(23)35/h4-13,18-19H,14-17H2,1-3H3. The number of rotatable bonds is 10. The second-order valence-electron chi connectivity index (χ2n) is 9.13. The molecule has 5 aromatic rings. The third-order valence-electron chi connectivity index (χ3n) is 6.64. The predicted octanol–water partition coefficient (Wildman–Crippen LogP) is 5.98. The Hall–Kier alpha value is -4.30. The molecule has 0 saturated carbocycles. The van der Waals surface area contributed by atoms with E-state index in [9.17, 15) is 4.79 Å². The number of hydrogen-bond donors (Lipinski definition) is 0. The Balaban J connectivity index is 1.32. The lowest BCUT2D eigenvalue weighted by Crippen LogP contribution is -2.29. The van der Waals surface area contributed by atoms with Crippen LogP contribution in [-0.2, 0) is 17.6 Å². The molecule has 0 aliphatic carbocycles. The highest BCUT2D eigenvalue weighted by Crippen LogP contribution is 2.30. The van der Waals surface area contributed by atoms with Gasteiger partial charge >= 0.3 is 6.01 Å². The van der Waals surface area contributed by atoms with Gasteiger partial charge in [-0.3, -0.25) is 9.36 Å². The van der Waals surface area contributed by atoms with Gasteiger partial charge in [-0.2, -0.15) is 4.98 Å². The van der Waals surface area contributed by atoms with Crippen LogP contribution in [0.25, 0.3) is 28.3 Å². The average Bonchev–Trinajstić information content (AvgIpc) is 3.59. The Bertz CT molecular complexity index is 1590. The quantitative estimate of drug-likeness (QED) is 0.215. The summed E-state index contributed by atoms with van der Waals surface area (Å²) in [6.07, 6.45) is 3.07. The van der Waals surface area contributed by atoms with Crippen LogP contribution in [-0.4, -0.2) is 53.2 Å². The van der Waals surface area contributed by atoms with E-state index < -0.39 is 0 Å². The third kappa shape index (κ3) is 5.76.